The Kier molecular flexibility index (Phi) is 8.82. The average molecular weight is 566 g/mol. The average Bonchev–Trinajstić information content (AvgIpc) is 3.55. The van der Waals surface area contributed by atoms with E-state index in [2.05, 4.69) is 24.1 Å². The molecule has 1 unspecified atom stereocenters. The zero-order valence-corrected chi connectivity index (χ0v) is 23.5. The molecule has 0 aliphatic carbocycles. The summed E-state index contributed by atoms with van der Waals surface area (Å²) in [6, 6.07) is 6.68. The predicted octanol–water partition coefficient (Wildman–Crippen LogP) is 2.15. The number of amides is 2. The molecule has 0 bridgehead atoms. The van der Waals surface area contributed by atoms with Crippen LogP contribution in [0.15, 0.2) is 43.0 Å². The van der Waals surface area contributed by atoms with Gasteiger partial charge >= 0.3 is 6.09 Å². The van der Waals surface area contributed by atoms with Gasteiger partial charge in [0, 0.05) is 51.7 Å². The first-order valence-corrected chi connectivity index (χ1v) is 13.6. The van der Waals surface area contributed by atoms with Gasteiger partial charge in [0.25, 0.3) is 0 Å². The van der Waals surface area contributed by atoms with Gasteiger partial charge in [-0.3, -0.25) is 14.3 Å². The molecule has 1 saturated heterocycles. The largest absolute Gasteiger partial charge is 0.486 e. The van der Waals surface area contributed by atoms with Gasteiger partial charge < -0.3 is 29.2 Å². The molecule has 1 atom stereocenters. The highest BCUT2D eigenvalue weighted by Gasteiger charge is 2.37. The van der Waals surface area contributed by atoms with Crippen LogP contribution in [0, 0.1) is 0 Å². The molecule has 2 aliphatic heterocycles. The van der Waals surface area contributed by atoms with Crippen molar-refractivity contribution in [1.29, 1.82) is 0 Å². The Labute approximate surface area is 238 Å². The van der Waals surface area contributed by atoms with Crippen molar-refractivity contribution in [2.24, 2.45) is 0 Å². The Balaban J connectivity index is 1.36. The molecule has 41 heavy (non-hydrogen) atoms. The second-order valence-electron chi connectivity index (χ2n) is 10.0. The molecule has 13 nitrogen and oxygen atoms in total. The van der Waals surface area contributed by atoms with Crippen molar-refractivity contribution >= 4 is 17.8 Å². The second kappa shape index (κ2) is 12.9. The SMILES string of the molecule is COCCOC(=O)N1CCN(c2cc(C(C)C)nc(-n3ccnc3)n2)CC1C(=O)NCc1ccc2c(c1)OCCO2. The maximum Gasteiger partial charge on any atom is 0.410 e. The summed E-state index contributed by atoms with van der Waals surface area (Å²) in [7, 11) is 1.53. The zero-order valence-electron chi connectivity index (χ0n) is 23.5. The van der Waals surface area contributed by atoms with Crippen LogP contribution >= 0.6 is 0 Å². The summed E-state index contributed by atoms with van der Waals surface area (Å²) in [6.45, 7) is 6.69. The number of piperazine rings is 1. The number of methoxy groups -OCH3 is 1. The smallest absolute Gasteiger partial charge is 0.410 e. The van der Waals surface area contributed by atoms with Crippen molar-refractivity contribution < 1.29 is 28.5 Å². The Morgan fingerprint density at radius 1 is 1.10 bits per heavy atom. The quantitative estimate of drug-likeness (QED) is 0.385. The van der Waals surface area contributed by atoms with E-state index in [1.807, 2.05) is 29.2 Å². The van der Waals surface area contributed by atoms with E-state index in [0.29, 0.717) is 43.0 Å². The fourth-order valence-electron chi connectivity index (χ4n) is 4.62. The summed E-state index contributed by atoms with van der Waals surface area (Å²) < 4.78 is 23.4. The van der Waals surface area contributed by atoms with Crippen LogP contribution in [-0.4, -0.2) is 95.6 Å². The number of anilines is 1. The number of nitrogens with zero attached hydrogens (tertiary/aromatic N) is 6. The standard InChI is InChI=1S/C28H35N7O6/c1-19(2)21-15-25(32-27(31-21)34-7-6-29-18-34)33-8-9-35(28(37)41-11-10-38-3)22(17-33)26(36)30-16-20-4-5-23-24(14-20)40-13-12-39-23/h4-7,14-15,18-19,22H,8-13,16-17H2,1-3H3,(H,30,36). The minimum Gasteiger partial charge on any atom is -0.486 e. The number of aromatic nitrogens is 4. The highest BCUT2D eigenvalue weighted by atomic mass is 16.6. The molecule has 0 saturated carbocycles. The van der Waals surface area contributed by atoms with E-state index in [1.165, 1.54) is 12.0 Å². The minimum atomic E-state index is -0.815. The fraction of sp³-hybridized carbons (Fsp3) is 0.464. The van der Waals surface area contributed by atoms with E-state index in [-0.39, 0.29) is 44.7 Å². The number of hydrogen-bond donors (Lipinski definition) is 1. The molecule has 1 N–H and O–H groups in total. The van der Waals surface area contributed by atoms with Gasteiger partial charge in [-0.25, -0.2) is 14.8 Å². The zero-order chi connectivity index (χ0) is 28.8. The Morgan fingerprint density at radius 2 is 1.93 bits per heavy atom. The summed E-state index contributed by atoms with van der Waals surface area (Å²) in [6.07, 6.45) is 4.53. The van der Waals surface area contributed by atoms with Crippen LogP contribution in [-0.2, 0) is 20.8 Å². The van der Waals surface area contributed by atoms with E-state index in [0.717, 1.165) is 11.3 Å². The van der Waals surface area contributed by atoms with E-state index >= 15 is 0 Å². The van der Waals surface area contributed by atoms with Gasteiger partial charge in [0.15, 0.2) is 11.5 Å². The number of carbonyl (C=O) groups is 2. The molecule has 13 heteroatoms. The lowest BCUT2D eigenvalue weighted by Crippen LogP contribution is -2.61. The van der Waals surface area contributed by atoms with Crippen molar-refractivity contribution in [3.8, 4) is 17.4 Å². The Morgan fingerprint density at radius 3 is 2.68 bits per heavy atom. The topological polar surface area (TPSA) is 133 Å². The molecule has 4 heterocycles. The van der Waals surface area contributed by atoms with Crippen molar-refractivity contribution in [3.63, 3.8) is 0 Å². The molecule has 0 radical (unpaired) electrons. The minimum absolute atomic E-state index is 0.0962. The summed E-state index contributed by atoms with van der Waals surface area (Å²) in [5.74, 6) is 2.34. The maximum absolute atomic E-state index is 13.6. The first kappa shape index (κ1) is 28.1. The van der Waals surface area contributed by atoms with E-state index < -0.39 is 12.1 Å². The van der Waals surface area contributed by atoms with Gasteiger partial charge in [-0.05, 0) is 23.6 Å². The summed E-state index contributed by atoms with van der Waals surface area (Å²) in [5.41, 5.74) is 1.71. The lowest BCUT2D eigenvalue weighted by atomic mass is 10.1. The molecule has 5 rings (SSSR count). The lowest BCUT2D eigenvalue weighted by molar-refractivity contribution is -0.126. The van der Waals surface area contributed by atoms with Gasteiger partial charge in [0.05, 0.1) is 12.3 Å². The lowest BCUT2D eigenvalue weighted by Gasteiger charge is -2.40. The molecule has 218 valence electrons. The van der Waals surface area contributed by atoms with Gasteiger partial charge in [0.2, 0.25) is 11.9 Å². The number of nitrogens with one attached hydrogen (secondary N) is 1. The maximum atomic E-state index is 13.6. The van der Waals surface area contributed by atoms with Crippen LogP contribution in [0.5, 0.6) is 11.5 Å². The fourth-order valence-corrected chi connectivity index (χ4v) is 4.62. The molecule has 3 aromatic rings. The van der Waals surface area contributed by atoms with Crippen molar-refractivity contribution in [2.75, 3.05) is 58.1 Å². The third-order valence-corrected chi connectivity index (χ3v) is 6.88. The molecule has 1 fully saturated rings. The molecular formula is C28H35N7O6. The Bertz CT molecular complexity index is 1350. The number of benzene rings is 1. The molecule has 2 aromatic heterocycles. The third kappa shape index (κ3) is 6.68. The monoisotopic (exact) mass is 565 g/mol. The third-order valence-electron chi connectivity index (χ3n) is 6.88. The Hall–Kier alpha value is -4.39. The van der Waals surface area contributed by atoms with E-state index in [4.69, 9.17) is 28.9 Å². The van der Waals surface area contributed by atoms with Crippen molar-refractivity contribution in [3.05, 3.63) is 54.2 Å². The first-order valence-electron chi connectivity index (χ1n) is 13.6. The first-order chi connectivity index (χ1) is 19.9. The number of imidazole rings is 1. The van der Waals surface area contributed by atoms with E-state index in [1.54, 1.807) is 23.3 Å². The van der Waals surface area contributed by atoms with Crippen LogP contribution in [0.3, 0.4) is 0 Å². The van der Waals surface area contributed by atoms with Crippen LogP contribution < -0.4 is 19.7 Å². The number of ether oxygens (including phenoxy) is 4. The van der Waals surface area contributed by atoms with Crippen LogP contribution in [0.4, 0.5) is 10.6 Å². The number of fused-ring (bicyclic) bond motifs is 1. The van der Waals surface area contributed by atoms with E-state index in [9.17, 15) is 9.59 Å². The summed E-state index contributed by atoms with van der Waals surface area (Å²) in [4.78, 5) is 43.6. The molecule has 1 aromatic carbocycles. The van der Waals surface area contributed by atoms with Crippen LogP contribution in [0.25, 0.3) is 5.95 Å². The van der Waals surface area contributed by atoms with Crippen LogP contribution in [0.2, 0.25) is 0 Å². The van der Waals surface area contributed by atoms with Gasteiger partial charge in [-0.2, -0.15) is 4.98 Å². The van der Waals surface area contributed by atoms with Gasteiger partial charge in [0.1, 0.15) is 38.0 Å². The molecule has 2 aliphatic rings. The summed E-state index contributed by atoms with van der Waals surface area (Å²) in [5, 5.41) is 2.98. The van der Waals surface area contributed by atoms with Gasteiger partial charge in [-0.1, -0.05) is 19.9 Å². The number of rotatable bonds is 9. The summed E-state index contributed by atoms with van der Waals surface area (Å²) >= 11 is 0. The van der Waals surface area contributed by atoms with Gasteiger partial charge in [-0.15, -0.1) is 0 Å². The molecular weight excluding hydrogens is 530 g/mol. The van der Waals surface area contributed by atoms with Crippen LogP contribution in [0.1, 0.15) is 31.0 Å². The number of hydrogen-bond acceptors (Lipinski definition) is 10. The molecule has 2 amide bonds. The second-order valence-corrected chi connectivity index (χ2v) is 10.0. The van der Waals surface area contributed by atoms with Crippen molar-refractivity contribution in [2.45, 2.75) is 32.4 Å². The van der Waals surface area contributed by atoms with Crippen molar-refractivity contribution in [1.82, 2.24) is 29.7 Å². The highest BCUT2D eigenvalue weighted by Crippen LogP contribution is 2.31. The predicted molar refractivity (Wildman–Crippen MR) is 148 cm³/mol. The highest BCUT2D eigenvalue weighted by molar-refractivity contribution is 5.86. The number of carbonyl (C=O) groups excluding carboxylic acids is 2. The molecule has 0 spiro atoms. The normalized spacial score (nSPS) is 16.5.